The number of nitrogens with zero attached hydrogens (tertiary/aromatic N) is 1. The lowest BCUT2D eigenvalue weighted by Crippen LogP contribution is -2.50. The van der Waals surface area contributed by atoms with Crippen LogP contribution in [0, 0.1) is 12.3 Å². The molecule has 1 aliphatic rings. The van der Waals surface area contributed by atoms with Crippen LogP contribution in [0.25, 0.3) is 11.1 Å². The number of hydrogen-bond donors (Lipinski definition) is 2. The van der Waals surface area contributed by atoms with Gasteiger partial charge in [-0.2, -0.15) is 0 Å². The Morgan fingerprint density at radius 2 is 2.00 bits per heavy atom. The van der Waals surface area contributed by atoms with Gasteiger partial charge in [0, 0.05) is 44.7 Å². The number of cyclic esters (lactones) is 1. The average Bonchev–Trinajstić information content (AvgIpc) is 2.80. The Balaban J connectivity index is 1.71. The molecular formula is C27H30N2O4. The summed E-state index contributed by atoms with van der Waals surface area (Å²) in [5, 5.41) is 9.60. The maximum atomic E-state index is 13.0. The summed E-state index contributed by atoms with van der Waals surface area (Å²) in [5.41, 5.74) is 3.06. The Bertz CT molecular complexity index is 1100. The Morgan fingerprint density at radius 1 is 1.27 bits per heavy atom. The summed E-state index contributed by atoms with van der Waals surface area (Å²) < 4.78 is 5.94. The number of allylic oxidation sites excluding steroid dienone is 3. The van der Waals surface area contributed by atoms with Crippen molar-refractivity contribution >= 4 is 6.09 Å². The molecule has 3 rings (SSSR count). The quantitative estimate of drug-likeness (QED) is 0.459. The van der Waals surface area contributed by atoms with Gasteiger partial charge in [0.1, 0.15) is 5.60 Å². The molecule has 1 amide bonds. The summed E-state index contributed by atoms with van der Waals surface area (Å²) >= 11 is 0. The number of aliphatic hydroxyl groups is 1. The van der Waals surface area contributed by atoms with E-state index in [0.717, 1.165) is 22.3 Å². The van der Waals surface area contributed by atoms with Crippen LogP contribution in [0.2, 0.25) is 0 Å². The molecule has 1 aromatic carbocycles. The maximum absolute atomic E-state index is 13.0. The van der Waals surface area contributed by atoms with E-state index in [2.05, 4.69) is 10.9 Å². The molecule has 0 saturated carbocycles. The van der Waals surface area contributed by atoms with Crippen molar-refractivity contribution in [1.29, 1.82) is 0 Å². The molecule has 1 fully saturated rings. The van der Waals surface area contributed by atoms with Crippen molar-refractivity contribution in [3.8, 4) is 23.5 Å². The molecule has 172 valence electrons. The topological polar surface area (TPSA) is 82.6 Å². The van der Waals surface area contributed by atoms with E-state index in [1.54, 1.807) is 29.3 Å². The van der Waals surface area contributed by atoms with Gasteiger partial charge in [-0.25, -0.2) is 4.79 Å². The molecule has 2 aromatic rings. The SMILES string of the molecule is C#CC=CC=C(C)CC1(CCO)CCN(C(C)c2ccc(-c3ccc(=O)[nH]c3)cc2)C(=O)O1. The van der Waals surface area contributed by atoms with Crippen molar-refractivity contribution in [2.45, 2.75) is 44.8 Å². The van der Waals surface area contributed by atoms with Crippen LogP contribution in [0.1, 0.15) is 44.7 Å². The Hall–Kier alpha value is -3.56. The number of aromatic amines is 1. The van der Waals surface area contributed by atoms with E-state index >= 15 is 0 Å². The lowest BCUT2D eigenvalue weighted by molar-refractivity contribution is -0.0666. The predicted octanol–water partition coefficient (Wildman–Crippen LogP) is 4.59. The number of rotatable bonds is 8. The highest BCUT2D eigenvalue weighted by Gasteiger charge is 2.41. The van der Waals surface area contributed by atoms with Gasteiger partial charge in [-0.15, -0.1) is 6.42 Å². The molecule has 2 atom stereocenters. The van der Waals surface area contributed by atoms with Crippen molar-refractivity contribution in [2.75, 3.05) is 13.2 Å². The van der Waals surface area contributed by atoms with Crippen LogP contribution in [0.15, 0.2) is 71.2 Å². The molecule has 1 aromatic heterocycles. The Kier molecular flexibility index (Phi) is 7.92. The summed E-state index contributed by atoms with van der Waals surface area (Å²) in [6.45, 7) is 4.43. The summed E-state index contributed by atoms with van der Waals surface area (Å²) in [7, 11) is 0. The van der Waals surface area contributed by atoms with Gasteiger partial charge in [0.15, 0.2) is 0 Å². The summed E-state index contributed by atoms with van der Waals surface area (Å²) in [5.74, 6) is 2.45. The minimum Gasteiger partial charge on any atom is -0.442 e. The number of terminal acetylenes is 1. The molecular weight excluding hydrogens is 416 g/mol. The van der Waals surface area contributed by atoms with E-state index < -0.39 is 5.60 Å². The second-order valence-corrected chi connectivity index (χ2v) is 8.42. The summed E-state index contributed by atoms with van der Waals surface area (Å²) in [6.07, 6.45) is 13.4. The van der Waals surface area contributed by atoms with Crippen molar-refractivity contribution in [1.82, 2.24) is 9.88 Å². The van der Waals surface area contributed by atoms with Crippen LogP contribution in [0.5, 0.6) is 0 Å². The zero-order valence-corrected chi connectivity index (χ0v) is 19.1. The Morgan fingerprint density at radius 3 is 2.61 bits per heavy atom. The van der Waals surface area contributed by atoms with Gasteiger partial charge in [-0.05, 0) is 42.7 Å². The van der Waals surface area contributed by atoms with Crippen LogP contribution in [-0.4, -0.2) is 39.8 Å². The Labute approximate surface area is 194 Å². The number of ether oxygens (including phenoxy) is 1. The van der Waals surface area contributed by atoms with Crippen LogP contribution in [0.4, 0.5) is 4.79 Å². The van der Waals surface area contributed by atoms with E-state index in [1.807, 2.05) is 44.2 Å². The minimum atomic E-state index is -0.722. The van der Waals surface area contributed by atoms with Crippen LogP contribution >= 0.6 is 0 Å². The zero-order chi connectivity index (χ0) is 23.8. The number of carbonyl (C=O) groups is 1. The lowest BCUT2D eigenvalue weighted by atomic mass is 9.86. The van der Waals surface area contributed by atoms with Gasteiger partial charge in [-0.3, -0.25) is 4.79 Å². The molecule has 1 saturated heterocycles. The van der Waals surface area contributed by atoms with E-state index in [4.69, 9.17) is 11.2 Å². The minimum absolute atomic E-state index is 0.0531. The third-order valence-electron chi connectivity index (χ3n) is 6.07. The van der Waals surface area contributed by atoms with E-state index in [9.17, 15) is 14.7 Å². The number of pyridine rings is 1. The number of carbonyl (C=O) groups excluding carboxylic acids is 1. The van der Waals surface area contributed by atoms with Crippen molar-refractivity contribution in [2.24, 2.45) is 0 Å². The third-order valence-corrected chi connectivity index (χ3v) is 6.07. The van der Waals surface area contributed by atoms with E-state index in [0.29, 0.717) is 25.8 Å². The highest BCUT2D eigenvalue weighted by molar-refractivity contribution is 5.70. The van der Waals surface area contributed by atoms with Gasteiger partial charge >= 0.3 is 6.09 Å². The molecule has 6 heteroatoms. The fourth-order valence-electron chi connectivity index (χ4n) is 4.21. The molecule has 2 heterocycles. The molecule has 0 aliphatic carbocycles. The molecule has 0 radical (unpaired) electrons. The number of nitrogens with one attached hydrogen (secondary N) is 1. The fraction of sp³-hybridized carbons (Fsp3) is 0.333. The normalized spacial score (nSPS) is 19.9. The number of aliphatic hydroxyl groups excluding tert-OH is 1. The van der Waals surface area contributed by atoms with E-state index in [1.165, 1.54) is 6.07 Å². The number of benzene rings is 1. The number of amides is 1. The molecule has 6 nitrogen and oxygen atoms in total. The first-order valence-electron chi connectivity index (χ1n) is 11.1. The van der Waals surface area contributed by atoms with Crippen molar-refractivity contribution in [3.05, 3.63) is 82.3 Å². The first-order valence-corrected chi connectivity index (χ1v) is 11.1. The fourth-order valence-corrected chi connectivity index (χ4v) is 4.21. The van der Waals surface area contributed by atoms with Crippen LogP contribution in [-0.2, 0) is 4.74 Å². The largest absolute Gasteiger partial charge is 0.442 e. The van der Waals surface area contributed by atoms with Crippen molar-refractivity contribution in [3.63, 3.8) is 0 Å². The van der Waals surface area contributed by atoms with Gasteiger partial charge in [0.2, 0.25) is 5.56 Å². The summed E-state index contributed by atoms with van der Waals surface area (Å²) in [6, 6.07) is 11.0. The lowest BCUT2D eigenvalue weighted by Gasteiger charge is -2.43. The van der Waals surface area contributed by atoms with Gasteiger partial charge in [0.25, 0.3) is 0 Å². The van der Waals surface area contributed by atoms with Gasteiger partial charge in [-0.1, -0.05) is 47.9 Å². The van der Waals surface area contributed by atoms with Crippen LogP contribution in [0.3, 0.4) is 0 Å². The zero-order valence-electron chi connectivity index (χ0n) is 19.1. The third kappa shape index (κ3) is 6.03. The predicted molar refractivity (Wildman–Crippen MR) is 129 cm³/mol. The monoisotopic (exact) mass is 446 g/mol. The van der Waals surface area contributed by atoms with Crippen LogP contribution < -0.4 is 5.56 Å². The highest BCUT2D eigenvalue weighted by Crippen LogP contribution is 2.36. The molecule has 33 heavy (non-hydrogen) atoms. The average molecular weight is 447 g/mol. The second kappa shape index (κ2) is 10.8. The molecule has 2 unspecified atom stereocenters. The standard InChI is InChI=1S/C27H30N2O4/c1-4-5-6-7-20(2)18-27(15-17-30)14-16-29(26(32)33-27)21(3)22-8-10-23(11-9-22)24-12-13-25(31)28-19-24/h1,5-13,19,21,30H,14-18H2,2-3H3,(H,28,31). The molecule has 2 N–H and O–H groups in total. The molecule has 1 aliphatic heterocycles. The van der Waals surface area contributed by atoms with Crippen molar-refractivity contribution < 1.29 is 14.6 Å². The highest BCUT2D eigenvalue weighted by atomic mass is 16.6. The molecule has 0 spiro atoms. The molecule has 0 bridgehead atoms. The smallest absolute Gasteiger partial charge is 0.410 e. The van der Waals surface area contributed by atoms with Gasteiger partial charge in [0.05, 0.1) is 6.04 Å². The summed E-state index contributed by atoms with van der Waals surface area (Å²) in [4.78, 5) is 28.7. The van der Waals surface area contributed by atoms with E-state index in [-0.39, 0.29) is 24.3 Å². The first kappa shape index (κ1) is 24.1. The maximum Gasteiger partial charge on any atom is 0.410 e. The number of hydrogen-bond acceptors (Lipinski definition) is 4. The second-order valence-electron chi connectivity index (χ2n) is 8.42. The number of aromatic nitrogens is 1. The number of H-pyrrole nitrogens is 1. The van der Waals surface area contributed by atoms with Gasteiger partial charge < -0.3 is 19.7 Å². The first-order chi connectivity index (χ1) is 15.9.